The molecule has 0 aliphatic rings. The first kappa shape index (κ1) is 25.0. The van der Waals surface area contributed by atoms with Gasteiger partial charge in [0, 0.05) is 50.9 Å². The summed E-state index contributed by atoms with van der Waals surface area (Å²) in [6.07, 6.45) is 3.68. The summed E-state index contributed by atoms with van der Waals surface area (Å²) in [6, 6.07) is 44.3. The minimum atomic E-state index is -2.25. The summed E-state index contributed by atoms with van der Waals surface area (Å²) in [5.74, 6) is 0. The van der Waals surface area contributed by atoms with E-state index in [1.54, 1.807) is 0 Å². The van der Waals surface area contributed by atoms with Crippen molar-refractivity contribution >= 4 is 77.2 Å². The average molecular weight is 574 g/mol. The standard InChI is InChI=1S/C37H24N3PS/c42-41(26-11-3-1-4-12-26,27-13-5-2-6-14-27)28-21-19-25(20-22-28)35-34-31-17-10-24-39-37(31)36-30(16-9-23-38-36)33(34)29-15-7-8-18-32(29)40-35/h1-24H. The van der Waals surface area contributed by atoms with Crippen LogP contribution in [0.5, 0.6) is 0 Å². The van der Waals surface area contributed by atoms with Gasteiger partial charge < -0.3 is 0 Å². The number of benzene rings is 5. The molecule has 8 aromatic rings. The highest BCUT2D eigenvalue weighted by Gasteiger charge is 2.25. The molecule has 0 bridgehead atoms. The zero-order chi connectivity index (χ0) is 28.1. The Kier molecular flexibility index (Phi) is 5.92. The number of aromatic nitrogens is 3. The third kappa shape index (κ3) is 3.80. The Morgan fingerprint density at radius 1 is 0.452 bits per heavy atom. The van der Waals surface area contributed by atoms with Crippen molar-refractivity contribution < 1.29 is 0 Å². The van der Waals surface area contributed by atoms with Gasteiger partial charge in [-0.2, -0.15) is 0 Å². The predicted molar refractivity (Wildman–Crippen MR) is 181 cm³/mol. The van der Waals surface area contributed by atoms with Crippen LogP contribution in [0.25, 0.3) is 54.7 Å². The summed E-state index contributed by atoms with van der Waals surface area (Å²) >= 11 is 6.60. The molecule has 0 saturated heterocycles. The number of hydrogen-bond acceptors (Lipinski definition) is 4. The van der Waals surface area contributed by atoms with E-state index in [2.05, 4.69) is 103 Å². The molecule has 0 radical (unpaired) electrons. The second-order valence-corrected chi connectivity index (χ2v) is 14.8. The highest BCUT2D eigenvalue weighted by atomic mass is 32.4. The third-order valence-electron chi connectivity index (χ3n) is 8.01. The molecule has 0 spiro atoms. The molecule has 5 heteroatoms. The molecule has 3 nitrogen and oxygen atoms in total. The summed E-state index contributed by atoms with van der Waals surface area (Å²) in [7, 11) is 0. The van der Waals surface area contributed by atoms with E-state index in [9.17, 15) is 0 Å². The highest BCUT2D eigenvalue weighted by molar-refractivity contribution is 8.25. The van der Waals surface area contributed by atoms with Gasteiger partial charge in [-0.3, -0.25) is 9.97 Å². The number of pyridine rings is 3. The maximum absolute atomic E-state index is 6.60. The molecule has 0 amide bonds. The minimum Gasteiger partial charge on any atom is -0.254 e. The van der Waals surface area contributed by atoms with E-state index in [0.29, 0.717) is 0 Å². The first-order chi connectivity index (χ1) is 20.7. The smallest absolute Gasteiger partial charge is 0.0971 e. The van der Waals surface area contributed by atoms with Gasteiger partial charge in [0.1, 0.15) is 0 Å². The molecule has 0 atom stereocenters. The van der Waals surface area contributed by atoms with Crippen LogP contribution in [0.3, 0.4) is 0 Å². The van der Waals surface area contributed by atoms with E-state index >= 15 is 0 Å². The lowest BCUT2D eigenvalue weighted by Gasteiger charge is -2.24. The molecule has 5 aromatic carbocycles. The van der Waals surface area contributed by atoms with Crippen LogP contribution in [0.2, 0.25) is 0 Å². The molecule has 0 unspecified atom stereocenters. The van der Waals surface area contributed by atoms with Gasteiger partial charge in [0.2, 0.25) is 0 Å². The van der Waals surface area contributed by atoms with E-state index in [1.165, 1.54) is 10.6 Å². The number of hydrogen-bond donors (Lipinski definition) is 0. The lowest BCUT2D eigenvalue weighted by atomic mass is 9.93. The molecule has 198 valence electrons. The van der Waals surface area contributed by atoms with Crippen LogP contribution in [-0.4, -0.2) is 15.0 Å². The zero-order valence-electron chi connectivity index (χ0n) is 22.6. The van der Waals surface area contributed by atoms with Crippen LogP contribution in [0.1, 0.15) is 0 Å². The molecule has 0 aliphatic heterocycles. The second kappa shape index (κ2) is 9.95. The van der Waals surface area contributed by atoms with E-state index in [0.717, 1.165) is 60.0 Å². The molecule has 8 rings (SSSR count). The Morgan fingerprint density at radius 3 is 1.57 bits per heavy atom. The van der Waals surface area contributed by atoms with Crippen LogP contribution in [-0.2, 0) is 11.8 Å². The van der Waals surface area contributed by atoms with Crippen LogP contribution in [0, 0.1) is 0 Å². The number of rotatable bonds is 4. The largest absolute Gasteiger partial charge is 0.254 e. The van der Waals surface area contributed by atoms with Crippen LogP contribution < -0.4 is 15.9 Å². The van der Waals surface area contributed by atoms with Crippen LogP contribution in [0.15, 0.2) is 146 Å². The summed E-state index contributed by atoms with van der Waals surface area (Å²) in [5.41, 5.74) is 4.73. The van der Waals surface area contributed by atoms with Crippen molar-refractivity contribution in [2.75, 3.05) is 0 Å². The fourth-order valence-corrected chi connectivity index (χ4v) is 9.85. The lowest BCUT2D eigenvalue weighted by molar-refractivity contribution is 1.38. The van der Waals surface area contributed by atoms with Crippen molar-refractivity contribution in [2.24, 2.45) is 0 Å². The maximum atomic E-state index is 6.60. The fourth-order valence-electron chi connectivity index (χ4n) is 6.11. The predicted octanol–water partition coefficient (Wildman–Crippen LogP) is 7.91. The SMILES string of the molecule is S=P(c1ccccc1)(c1ccccc1)c1ccc(-c2nc3ccccc3c3c4cccnc4c4ncccc4c23)cc1. The Hall–Kier alpha value is -4.76. The van der Waals surface area contributed by atoms with Crippen LogP contribution in [0.4, 0.5) is 0 Å². The van der Waals surface area contributed by atoms with Gasteiger partial charge in [0.25, 0.3) is 0 Å². The first-order valence-corrected chi connectivity index (χ1v) is 16.7. The number of para-hydroxylation sites is 1. The van der Waals surface area contributed by atoms with Crippen molar-refractivity contribution in [1.82, 2.24) is 15.0 Å². The quantitative estimate of drug-likeness (QED) is 0.158. The highest BCUT2D eigenvalue weighted by Crippen LogP contribution is 2.44. The van der Waals surface area contributed by atoms with E-state index in [1.807, 2.05) is 42.7 Å². The molecular weight excluding hydrogens is 549 g/mol. The zero-order valence-corrected chi connectivity index (χ0v) is 24.3. The summed E-state index contributed by atoms with van der Waals surface area (Å²) in [5, 5.41) is 9.02. The van der Waals surface area contributed by atoms with Gasteiger partial charge in [0.15, 0.2) is 0 Å². The monoisotopic (exact) mass is 573 g/mol. The minimum absolute atomic E-state index is 0.888. The lowest BCUT2D eigenvalue weighted by Crippen LogP contribution is -2.24. The van der Waals surface area contributed by atoms with Gasteiger partial charge in [-0.1, -0.05) is 127 Å². The Morgan fingerprint density at radius 2 is 0.952 bits per heavy atom. The van der Waals surface area contributed by atoms with E-state index < -0.39 is 6.04 Å². The molecule has 0 aliphatic carbocycles. The van der Waals surface area contributed by atoms with Crippen LogP contribution >= 0.6 is 6.04 Å². The van der Waals surface area contributed by atoms with Crippen molar-refractivity contribution in [1.29, 1.82) is 0 Å². The molecule has 3 aromatic heterocycles. The Balaban J connectivity index is 1.42. The maximum Gasteiger partial charge on any atom is 0.0971 e. The van der Waals surface area contributed by atoms with Crippen molar-refractivity contribution in [3.8, 4) is 11.3 Å². The van der Waals surface area contributed by atoms with Crippen molar-refractivity contribution in [3.63, 3.8) is 0 Å². The summed E-state index contributed by atoms with van der Waals surface area (Å²) in [4.78, 5) is 14.8. The van der Waals surface area contributed by atoms with E-state index in [4.69, 9.17) is 26.8 Å². The number of fused-ring (bicyclic) bond motifs is 8. The van der Waals surface area contributed by atoms with E-state index in [-0.39, 0.29) is 0 Å². The molecule has 0 fully saturated rings. The van der Waals surface area contributed by atoms with Gasteiger partial charge in [0.05, 0.1) is 22.2 Å². The summed E-state index contributed by atoms with van der Waals surface area (Å²) in [6.45, 7) is 0. The van der Waals surface area contributed by atoms with Gasteiger partial charge >= 0.3 is 0 Å². The first-order valence-electron chi connectivity index (χ1n) is 13.9. The molecule has 0 saturated carbocycles. The van der Waals surface area contributed by atoms with Gasteiger partial charge in [-0.05, 0) is 34.1 Å². The fraction of sp³-hybridized carbons (Fsp3) is 0. The van der Waals surface area contributed by atoms with Crippen molar-refractivity contribution in [3.05, 3.63) is 146 Å². The average Bonchev–Trinajstić information content (AvgIpc) is 3.08. The molecular formula is C37H24N3PS. The molecule has 42 heavy (non-hydrogen) atoms. The second-order valence-electron chi connectivity index (χ2n) is 10.4. The van der Waals surface area contributed by atoms with Crippen molar-refractivity contribution in [2.45, 2.75) is 0 Å². The molecule has 3 heterocycles. The molecule has 0 N–H and O–H groups in total. The number of nitrogens with zero attached hydrogens (tertiary/aromatic N) is 3. The third-order valence-corrected chi connectivity index (χ3v) is 13.0. The van der Waals surface area contributed by atoms with Gasteiger partial charge in [-0.15, -0.1) is 0 Å². The summed E-state index contributed by atoms with van der Waals surface area (Å²) < 4.78 is 0. The Bertz CT molecular complexity index is 2280. The normalized spacial score (nSPS) is 11.9. The Labute approximate surface area is 248 Å². The van der Waals surface area contributed by atoms with Gasteiger partial charge in [-0.25, -0.2) is 4.98 Å². The topological polar surface area (TPSA) is 38.7 Å².